The highest BCUT2D eigenvalue weighted by Gasteiger charge is 2.60. The van der Waals surface area contributed by atoms with Crippen LogP contribution < -0.4 is 4.90 Å². The van der Waals surface area contributed by atoms with Crippen LogP contribution in [-0.4, -0.2) is 16.0 Å². The SMILES string of the molecule is CC1(C)CC(c2ccccc2)(C(O)c2ccccc2)N(c2cccc3cccnc23)C1=O. The maximum Gasteiger partial charge on any atom is 0.233 e. The van der Waals surface area contributed by atoms with Crippen LogP contribution in [0.2, 0.25) is 0 Å². The summed E-state index contributed by atoms with van der Waals surface area (Å²) in [7, 11) is 0. The molecule has 0 aliphatic carbocycles. The number of carbonyl (C=O) groups excluding carboxylic acids is 1. The number of carbonyl (C=O) groups is 1. The molecule has 1 amide bonds. The maximum atomic E-state index is 14.0. The molecule has 4 heteroatoms. The van der Waals surface area contributed by atoms with Crippen LogP contribution in [-0.2, 0) is 10.3 Å². The van der Waals surface area contributed by atoms with Gasteiger partial charge in [0.1, 0.15) is 11.6 Å². The number of hydrogen-bond donors (Lipinski definition) is 1. The molecule has 32 heavy (non-hydrogen) atoms. The van der Waals surface area contributed by atoms with E-state index < -0.39 is 17.1 Å². The van der Waals surface area contributed by atoms with Gasteiger partial charge in [0.05, 0.1) is 11.2 Å². The smallest absolute Gasteiger partial charge is 0.233 e. The molecule has 1 saturated heterocycles. The lowest BCUT2D eigenvalue weighted by atomic mass is 9.74. The topological polar surface area (TPSA) is 53.4 Å². The summed E-state index contributed by atoms with van der Waals surface area (Å²) < 4.78 is 0. The highest BCUT2D eigenvalue weighted by atomic mass is 16.3. The fraction of sp³-hybridized carbons (Fsp3) is 0.214. The van der Waals surface area contributed by atoms with Crippen LogP contribution in [0.25, 0.3) is 10.9 Å². The second kappa shape index (κ2) is 7.57. The van der Waals surface area contributed by atoms with E-state index in [9.17, 15) is 9.90 Å². The van der Waals surface area contributed by atoms with Crippen LogP contribution in [0.15, 0.2) is 97.2 Å². The molecule has 0 radical (unpaired) electrons. The molecule has 1 aliphatic rings. The molecule has 1 fully saturated rings. The minimum atomic E-state index is -0.977. The first kappa shape index (κ1) is 20.4. The zero-order valence-corrected chi connectivity index (χ0v) is 18.3. The number of rotatable bonds is 4. The predicted molar refractivity (Wildman–Crippen MR) is 127 cm³/mol. The fourth-order valence-electron chi connectivity index (χ4n) is 5.15. The van der Waals surface area contributed by atoms with Crippen molar-refractivity contribution in [2.75, 3.05) is 4.90 Å². The van der Waals surface area contributed by atoms with E-state index in [1.54, 1.807) is 6.20 Å². The lowest BCUT2D eigenvalue weighted by Gasteiger charge is -2.43. The Bertz CT molecular complexity index is 1270. The molecule has 4 aromatic rings. The Labute approximate surface area is 188 Å². The molecule has 1 aliphatic heterocycles. The predicted octanol–water partition coefficient (Wildman–Crippen LogP) is 5.63. The van der Waals surface area contributed by atoms with Crippen LogP contribution in [0.5, 0.6) is 0 Å². The summed E-state index contributed by atoms with van der Waals surface area (Å²) in [5.74, 6) is -0.0190. The Morgan fingerprint density at radius 2 is 1.53 bits per heavy atom. The minimum Gasteiger partial charge on any atom is -0.386 e. The third kappa shape index (κ3) is 3.02. The Morgan fingerprint density at radius 1 is 0.875 bits per heavy atom. The molecule has 5 rings (SSSR count). The number of aromatic nitrogens is 1. The number of amides is 1. The molecule has 160 valence electrons. The monoisotopic (exact) mass is 422 g/mol. The number of aliphatic hydroxyl groups excluding tert-OH is 1. The zero-order chi connectivity index (χ0) is 22.3. The van der Waals surface area contributed by atoms with Gasteiger partial charge in [-0.05, 0) is 29.7 Å². The maximum absolute atomic E-state index is 14.0. The number of benzene rings is 3. The van der Waals surface area contributed by atoms with Crippen LogP contribution in [0.4, 0.5) is 5.69 Å². The van der Waals surface area contributed by atoms with Gasteiger partial charge in [-0.25, -0.2) is 0 Å². The molecule has 1 aromatic heterocycles. The van der Waals surface area contributed by atoms with E-state index >= 15 is 0 Å². The van der Waals surface area contributed by atoms with Crippen molar-refractivity contribution in [2.45, 2.75) is 31.9 Å². The number of anilines is 1. The molecular formula is C28H26N2O2. The van der Waals surface area contributed by atoms with E-state index in [0.717, 1.165) is 27.7 Å². The number of aliphatic hydroxyl groups is 1. The summed E-state index contributed by atoms with van der Waals surface area (Å²) in [6.07, 6.45) is 1.30. The standard InChI is InChI=1S/C28H26N2O2/c1-27(2)19-28(22-15-7-4-8-16-22,25(31)21-11-5-3-6-12-21)30(26(27)32)23-17-9-13-20-14-10-18-29-24(20)23/h3-18,25,31H,19H2,1-2H3. The first-order valence-corrected chi connectivity index (χ1v) is 10.9. The van der Waals surface area contributed by atoms with Crippen molar-refractivity contribution < 1.29 is 9.90 Å². The molecular weight excluding hydrogens is 396 g/mol. The van der Waals surface area contributed by atoms with Crippen molar-refractivity contribution in [1.29, 1.82) is 0 Å². The van der Waals surface area contributed by atoms with Crippen molar-refractivity contribution in [1.82, 2.24) is 4.98 Å². The number of nitrogens with zero attached hydrogens (tertiary/aromatic N) is 2. The van der Waals surface area contributed by atoms with Gasteiger partial charge in [0, 0.05) is 17.0 Å². The quantitative estimate of drug-likeness (QED) is 0.464. The first-order chi connectivity index (χ1) is 15.4. The average Bonchev–Trinajstić information content (AvgIpc) is 3.05. The van der Waals surface area contributed by atoms with Crippen molar-refractivity contribution >= 4 is 22.5 Å². The van der Waals surface area contributed by atoms with Gasteiger partial charge in [0.2, 0.25) is 5.91 Å². The van der Waals surface area contributed by atoms with Gasteiger partial charge in [-0.2, -0.15) is 0 Å². The Balaban J connectivity index is 1.84. The summed E-state index contributed by atoms with van der Waals surface area (Å²) >= 11 is 0. The molecule has 2 unspecified atom stereocenters. The second-order valence-corrected chi connectivity index (χ2v) is 9.16. The van der Waals surface area contributed by atoms with E-state index in [0.29, 0.717) is 6.42 Å². The van der Waals surface area contributed by atoms with Crippen molar-refractivity contribution in [3.05, 3.63) is 108 Å². The van der Waals surface area contributed by atoms with E-state index in [1.807, 2.05) is 110 Å². The second-order valence-electron chi connectivity index (χ2n) is 9.16. The summed E-state index contributed by atoms with van der Waals surface area (Å²) in [5.41, 5.74) is 1.51. The van der Waals surface area contributed by atoms with Gasteiger partial charge >= 0.3 is 0 Å². The normalized spacial score (nSPS) is 21.1. The van der Waals surface area contributed by atoms with Crippen LogP contribution in [0.1, 0.15) is 37.5 Å². The molecule has 0 saturated carbocycles. The van der Waals surface area contributed by atoms with Crippen molar-refractivity contribution in [2.24, 2.45) is 5.41 Å². The number of hydrogen-bond acceptors (Lipinski definition) is 3. The van der Waals surface area contributed by atoms with E-state index in [-0.39, 0.29) is 5.91 Å². The van der Waals surface area contributed by atoms with Gasteiger partial charge in [-0.3, -0.25) is 14.7 Å². The summed E-state index contributed by atoms with van der Waals surface area (Å²) in [5, 5.41) is 12.9. The van der Waals surface area contributed by atoms with Gasteiger partial charge in [-0.1, -0.05) is 92.7 Å². The van der Waals surface area contributed by atoms with E-state index in [1.165, 1.54) is 0 Å². The molecule has 3 aromatic carbocycles. The number of para-hydroxylation sites is 1. The largest absolute Gasteiger partial charge is 0.386 e. The Kier molecular flexibility index (Phi) is 4.83. The lowest BCUT2D eigenvalue weighted by Crippen LogP contribution is -2.48. The van der Waals surface area contributed by atoms with Crippen LogP contribution in [0, 0.1) is 5.41 Å². The van der Waals surface area contributed by atoms with Gasteiger partial charge in [-0.15, -0.1) is 0 Å². The molecule has 0 bridgehead atoms. The third-order valence-electron chi connectivity index (χ3n) is 6.59. The van der Waals surface area contributed by atoms with E-state index in [4.69, 9.17) is 0 Å². The van der Waals surface area contributed by atoms with E-state index in [2.05, 4.69) is 4.98 Å². The Morgan fingerprint density at radius 3 is 2.25 bits per heavy atom. The van der Waals surface area contributed by atoms with Gasteiger partial charge in [0.25, 0.3) is 0 Å². The van der Waals surface area contributed by atoms with Crippen molar-refractivity contribution in [3.8, 4) is 0 Å². The molecule has 2 atom stereocenters. The van der Waals surface area contributed by atoms with Crippen LogP contribution in [0.3, 0.4) is 0 Å². The molecule has 2 heterocycles. The number of fused-ring (bicyclic) bond motifs is 1. The van der Waals surface area contributed by atoms with Gasteiger partial charge < -0.3 is 5.11 Å². The highest BCUT2D eigenvalue weighted by molar-refractivity contribution is 6.07. The summed E-state index contributed by atoms with van der Waals surface area (Å²) in [6.45, 7) is 3.92. The fourth-order valence-corrected chi connectivity index (χ4v) is 5.15. The molecule has 4 nitrogen and oxygen atoms in total. The Hall–Kier alpha value is -3.50. The third-order valence-corrected chi connectivity index (χ3v) is 6.59. The van der Waals surface area contributed by atoms with Crippen LogP contribution >= 0.6 is 0 Å². The number of pyridine rings is 1. The molecule has 1 N–H and O–H groups in total. The van der Waals surface area contributed by atoms with Crippen molar-refractivity contribution in [3.63, 3.8) is 0 Å². The lowest BCUT2D eigenvalue weighted by molar-refractivity contribution is -0.124. The first-order valence-electron chi connectivity index (χ1n) is 10.9. The molecule has 0 spiro atoms. The zero-order valence-electron chi connectivity index (χ0n) is 18.3. The summed E-state index contributed by atoms with van der Waals surface area (Å²) in [6, 6.07) is 29.3. The average molecular weight is 423 g/mol. The highest BCUT2D eigenvalue weighted by Crippen LogP contribution is 2.56. The van der Waals surface area contributed by atoms with Gasteiger partial charge in [0.15, 0.2) is 0 Å². The minimum absolute atomic E-state index is 0.0190. The summed E-state index contributed by atoms with van der Waals surface area (Å²) in [4.78, 5) is 20.4.